The molecule has 24 heavy (non-hydrogen) atoms. The van der Waals surface area contributed by atoms with Crippen LogP contribution in [0.2, 0.25) is 0 Å². The van der Waals surface area contributed by atoms with E-state index in [1.165, 1.54) is 6.07 Å². The molecule has 0 aliphatic heterocycles. The van der Waals surface area contributed by atoms with Gasteiger partial charge in [0.25, 0.3) is 0 Å². The molecule has 0 aromatic heterocycles. The number of aliphatic hydroxyl groups is 1. The van der Waals surface area contributed by atoms with Gasteiger partial charge in [0.05, 0.1) is 6.61 Å². The van der Waals surface area contributed by atoms with Gasteiger partial charge in [0.1, 0.15) is 5.82 Å². The molecule has 126 valence electrons. The molecule has 2 aromatic carbocycles. The van der Waals surface area contributed by atoms with Gasteiger partial charge in [-0.05, 0) is 35.6 Å². The predicted octanol–water partition coefficient (Wildman–Crippen LogP) is 2.72. The Morgan fingerprint density at radius 3 is 2.54 bits per heavy atom. The summed E-state index contributed by atoms with van der Waals surface area (Å²) < 4.78 is 13.7. The number of benzene rings is 2. The molecule has 2 atom stereocenters. The lowest BCUT2D eigenvalue weighted by Gasteiger charge is -2.08. The van der Waals surface area contributed by atoms with Gasteiger partial charge in [0.2, 0.25) is 0 Å². The van der Waals surface area contributed by atoms with E-state index in [0.29, 0.717) is 12.1 Å². The minimum atomic E-state index is -0.217. The number of halogens is 1. The molecular formula is C19H21FN2O2. The van der Waals surface area contributed by atoms with E-state index in [1.807, 2.05) is 30.3 Å². The first-order valence-corrected chi connectivity index (χ1v) is 8.15. The van der Waals surface area contributed by atoms with E-state index in [0.717, 1.165) is 24.0 Å². The van der Waals surface area contributed by atoms with Gasteiger partial charge >= 0.3 is 6.03 Å². The lowest BCUT2D eigenvalue weighted by molar-refractivity contribution is 0.240. The van der Waals surface area contributed by atoms with Crippen molar-refractivity contribution in [3.05, 3.63) is 71.0 Å². The largest absolute Gasteiger partial charge is 0.392 e. The van der Waals surface area contributed by atoms with E-state index in [9.17, 15) is 9.18 Å². The smallest absolute Gasteiger partial charge is 0.315 e. The third-order valence-electron chi connectivity index (χ3n) is 4.32. The Bertz CT molecular complexity index is 703. The van der Waals surface area contributed by atoms with Gasteiger partial charge in [-0.25, -0.2) is 9.18 Å². The number of urea groups is 1. The minimum absolute atomic E-state index is 0.00531. The molecule has 4 nitrogen and oxygen atoms in total. The quantitative estimate of drug-likeness (QED) is 0.763. The van der Waals surface area contributed by atoms with Crippen LogP contribution in [-0.2, 0) is 13.0 Å². The molecule has 5 heteroatoms. The summed E-state index contributed by atoms with van der Waals surface area (Å²) >= 11 is 0. The predicted molar refractivity (Wildman–Crippen MR) is 90.1 cm³/mol. The Labute approximate surface area is 140 Å². The summed E-state index contributed by atoms with van der Waals surface area (Å²) in [6, 6.07) is 14.1. The molecule has 0 radical (unpaired) electrons. The molecule has 3 rings (SSSR count). The summed E-state index contributed by atoms with van der Waals surface area (Å²) in [5.41, 5.74) is 2.65. The molecule has 3 N–H and O–H groups in total. The van der Waals surface area contributed by atoms with E-state index >= 15 is 0 Å². The topological polar surface area (TPSA) is 61.4 Å². The van der Waals surface area contributed by atoms with Gasteiger partial charge in [0.15, 0.2) is 0 Å². The molecular weight excluding hydrogens is 307 g/mol. The average Bonchev–Trinajstić information content (AvgIpc) is 3.34. The van der Waals surface area contributed by atoms with Crippen LogP contribution in [0.3, 0.4) is 0 Å². The maximum Gasteiger partial charge on any atom is 0.315 e. The highest BCUT2D eigenvalue weighted by molar-refractivity contribution is 5.74. The SMILES string of the molecule is O=C(NCCc1ccc(CO)cc1)NC1CC1c1ccccc1F. The highest BCUT2D eigenvalue weighted by Crippen LogP contribution is 2.41. The monoisotopic (exact) mass is 328 g/mol. The van der Waals surface area contributed by atoms with Crippen molar-refractivity contribution in [1.82, 2.24) is 10.6 Å². The van der Waals surface area contributed by atoms with Crippen molar-refractivity contribution in [2.45, 2.75) is 31.4 Å². The van der Waals surface area contributed by atoms with Crippen LogP contribution in [-0.4, -0.2) is 23.7 Å². The summed E-state index contributed by atoms with van der Waals surface area (Å²) in [7, 11) is 0. The first-order valence-electron chi connectivity index (χ1n) is 8.15. The number of amides is 2. The second kappa shape index (κ2) is 7.45. The standard InChI is InChI=1S/C19H21FN2O2/c20-17-4-2-1-3-15(17)16-11-18(16)22-19(24)21-10-9-13-5-7-14(12-23)8-6-13/h1-8,16,18,23H,9-12H2,(H2,21,22,24). The van der Waals surface area contributed by atoms with E-state index in [4.69, 9.17) is 5.11 Å². The summed E-state index contributed by atoms with van der Waals surface area (Å²) in [5.74, 6) is -0.137. The van der Waals surface area contributed by atoms with Gasteiger partial charge in [-0.1, -0.05) is 42.5 Å². The van der Waals surface area contributed by atoms with Crippen LogP contribution in [0, 0.1) is 5.82 Å². The van der Waals surface area contributed by atoms with E-state index in [2.05, 4.69) is 10.6 Å². The second-order valence-corrected chi connectivity index (χ2v) is 6.10. The number of carbonyl (C=O) groups excluding carboxylic acids is 1. The van der Waals surface area contributed by atoms with Gasteiger partial charge in [-0.3, -0.25) is 0 Å². The van der Waals surface area contributed by atoms with Gasteiger partial charge in [-0.2, -0.15) is 0 Å². The van der Waals surface area contributed by atoms with E-state index in [1.54, 1.807) is 12.1 Å². The third kappa shape index (κ3) is 4.11. The second-order valence-electron chi connectivity index (χ2n) is 6.10. The van der Waals surface area contributed by atoms with Crippen LogP contribution >= 0.6 is 0 Å². The fourth-order valence-electron chi connectivity index (χ4n) is 2.83. The normalized spacial score (nSPS) is 18.9. The Balaban J connectivity index is 1.40. The van der Waals surface area contributed by atoms with Crippen LogP contribution < -0.4 is 10.6 Å². The lowest BCUT2D eigenvalue weighted by Crippen LogP contribution is -2.38. The van der Waals surface area contributed by atoms with Crippen molar-refractivity contribution in [1.29, 1.82) is 0 Å². The molecule has 0 spiro atoms. The third-order valence-corrected chi connectivity index (χ3v) is 4.32. The number of rotatable bonds is 6. The average molecular weight is 328 g/mol. The first kappa shape index (κ1) is 16.5. The first-order chi connectivity index (χ1) is 11.7. The minimum Gasteiger partial charge on any atom is -0.392 e. The molecule has 1 aliphatic rings. The summed E-state index contributed by atoms with van der Waals surface area (Å²) in [4.78, 5) is 11.9. The fourth-order valence-corrected chi connectivity index (χ4v) is 2.83. The van der Waals surface area contributed by atoms with Crippen LogP contribution in [0.25, 0.3) is 0 Å². The van der Waals surface area contributed by atoms with Crippen molar-refractivity contribution in [2.24, 2.45) is 0 Å². The van der Waals surface area contributed by atoms with E-state index < -0.39 is 0 Å². The number of carbonyl (C=O) groups is 1. The van der Waals surface area contributed by atoms with Gasteiger partial charge in [0, 0.05) is 18.5 Å². The van der Waals surface area contributed by atoms with Crippen LogP contribution in [0.1, 0.15) is 29.0 Å². The van der Waals surface area contributed by atoms with Crippen molar-refractivity contribution >= 4 is 6.03 Å². The zero-order valence-electron chi connectivity index (χ0n) is 13.3. The van der Waals surface area contributed by atoms with Crippen LogP contribution in [0.4, 0.5) is 9.18 Å². The Kier molecular flexibility index (Phi) is 5.11. The molecule has 2 amide bonds. The number of hydrogen-bond donors (Lipinski definition) is 3. The Morgan fingerprint density at radius 1 is 1.12 bits per heavy atom. The number of hydrogen-bond acceptors (Lipinski definition) is 2. The summed E-state index contributed by atoms with van der Waals surface area (Å²) in [6.45, 7) is 0.562. The molecule has 2 aromatic rings. The molecule has 0 bridgehead atoms. The zero-order chi connectivity index (χ0) is 16.9. The number of aliphatic hydroxyl groups excluding tert-OH is 1. The van der Waals surface area contributed by atoms with Gasteiger partial charge < -0.3 is 15.7 Å². The summed E-state index contributed by atoms with van der Waals surface area (Å²) in [5, 5.41) is 14.7. The molecule has 1 fully saturated rings. The van der Waals surface area contributed by atoms with Crippen LogP contribution in [0.15, 0.2) is 48.5 Å². The molecule has 1 saturated carbocycles. The van der Waals surface area contributed by atoms with Gasteiger partial charge in [-0.15, -0.1) is 0 Å². The molecule has 0 heterocycles. The highest BCUT2D eigenvalue weighted by Gasteiger charge is 2.40. The Hall–Kier alpha value is -2.40. The number of nitrogens with one attached hydrogen (secondary N) is 2. The van der Waals surface area contributed by atoms with Crippen molar-refractivity contribution in [3.63, 3.8) is 0 Å². The van der Waals surface area contributed by atoms with Crippen molar-refractivity contribution in [3.8, 4) is 0 Å². The van der Waals surface area contributed by atoms with Crippen molar-refractivity contribution in [2.75, 3.05) is 6.54 Å². The molecule has 1 aliphatic carbocycles. The molecule has 0 saturated heterocycles. The zero-order valence-corrected chi connectivity index (χ0v) is 13.3. The summed E-state index contributed by atoms with van der Waals surface area (Å²) in [6.07, 6.45) is 1.50. The highest BCUT2D eigenvalue weighted by atomic mass is 19.1. The Morgan fingerprint density at radius 2 is 1.83 bits per heavy atom. The fraction of sp³-hybridized carbons (Fsp3) is 0.316. The van der Waals surface area contributed by atoms with E-state index in [-0.39, 0.29) is 30.4 Å². The van der Waals surface area contributed by atoms with Crippen LogP contribution in [0.5, 0.6) is 0 Å². The maximum absolute atomic E-state index is 13.7. The molecule has 2 unspecified atom stereocenters. The lowest BCUT2D eigenvalue weighted by atomic mass is 10.1. The van der Waals surface area contributed by atoms with Crippen molar-refractivity contribution < 1.29 is 14.3 Å². The maximum atomic E-state index is 13.7.